The maximum absolute atomic E-state index is 12.7. The van der Waals surface area contributed by atoms with Crippen molar-refractivity contribution < 1.29 is 27.9 Å². The van der Waals surface area contributed by atoms with Crippen molar-refractivity contribution in [3.05, 3.63) is 29.8 Å². The molecule has 1 saturated carbocycles. The van der Waals surface area contributed by atoms with Gasteiger partial charge in [-0.05, 0) is 37.8 Å². The minimum Gasteiger partial charge on any atom is -0.481 e. The highest BCUT2D eigenvalue weighted by Gasteiger charge is 2.39. The minimum atomic E-state index is -3.68. The lowest BCUT2D eigenvalue weighted by Crippen LogP contribution is -2.45. The molecule has 26 heavy (non-hydrogen) atoms. The number of nitrogens with one attached hydrogen (secondary N) is 1. The molecule has 2 aliphatic rings. The number of ketones is 1. The number of ether oxygens (including phenoxy) is 1. The largest absolute Gasteiger partial charge is 0.481 e. The first-order valence-corrected chi connectivity index (χ1v) is 10.3. The summed E-state index contributed by atoms with van der Waals surface area (Å²) in [7, 11) is -3.68. The van der Waals surface area contributed by atoms with Gasteiger partial charge in [0.1, 0.15) is 0 Å². The van der Waals surface area contributed by atoms with E-state index in [1.807, 2.05) is 0 Å². The van der Waals surface area contributed by atoms with Crippen LogP contribution in [-0.4, -0.2) is 44.0 Å². The molecule has 1 saturated heterocycles. The predicted molar refractivity (Wildman–Crippen MR) is 93.4 cm³/mol. The van der Waals surface area contributed by atoms with Crippen molar-refractivity contribution in [2.45, 2.75) is 55.6 Å². The Hall–Kier alpha value is -1.77. The van der Waals surface area contributed by atoms with E-state index in [9.17, 15) is 18.0 Å². The van der Waals surface area contributed by atoms with E-state index < -0.39 is 16.0 Å². The first-order chi connectivity index (χ1) is 12.4. The molecular formula is C18H23NO6S. The van der Waals surface area contributed by atoms with Crippen LogP contribution in [0.1, 0.15) is 48.9 Å². The van der Waals surface area contributed by atoms with Crippen LogP contribution in [0, 0.1) is 5.92 Å². The quantitative estimate of drug-likeness (QED) is 0.699. The second kappa shape index (κ2) is 7.85. The van der Waals surface area contributed by atoms with Crippen molar-refractivity contribution in [2.24, 2.45) is 5.92 Å². The third kappa shape index (κ3) is 4.31. The maximum Gasteiger partial charge on any atom is 0.303 e. The first-order valence-electron chi connectivity index (χ1n) is 8.86. The average molecular weight is 381 g/mol. The highest BCUT2D eigenvalue weighted by atomic mass is 32.2. The van der Waals surface area contributed by atoms with Crippen LogP contribution in [0.15, 0.2) is 29.2 Å². The second-order valence-electron chi connectivity index (χ2n) is 6.86. The van der Waals surface area contributed by atoms with Crippen molar-refractivity contribution in [1.82, 2.24) is 4.72 Å². The number of benzene rings is 1. The van der Waals surface area contributed by atoms with Crippen molar-refractivity contribution >= 4 is 21.8 Å². The lowest BCUT2D eigenvalue weighted by atomic mass is 9.82. The predicted octanol–water partition coefficient (Wildman–Crippen LogP) is 1.97. The number of hydrogen-bond donors (Lipinski definition) is 2. The molecule has 0 aromatic heterocycles. The van der Waals surface area contributed by atoms with Gasteiger partial charge in [-0.15, -0.1) is 0 Å². The summed E-state index contributed by atoms with van der Waals surface area (Å²) in [6.45, 7) is 0.681. The van der Waals surface area contributed by atoms with E-state index in [0.29, 0.717) is 12.2 Å². The number of sulfonamides is 1. The lowest BCUT2D eigenvalue weighted by molar-refractivity contribution is -0.136. The van der Waals surface area contributed by atoms with Gasteiger partial charge in [0.05, 0.1) is 17.4 Å². The van der Waals surface area contributed by atoms with Crippen molar-refractivity contribution in [3.63, 3.8) is 0 Å². The average Bonchev–Trinajstić information content (AvgIpc) is 3.09. The van der Waals surface area contributed by atoms with Gasteiger partial charge in [-0.1, -0.05) is 12.1 Å². The topological polar surface area (TPSA) is 110 Å². The van der Waals surface area contributed by atoms with Gasteiger partial charge in [0.15, 0.2) is 5.78 Å². The molecule has 2 fully saturated rings. The number of hydrogen-bond acceptors (Lipinski definition) is 5. The fraction of sp³-hybridized carbons (Fsp3) is 0.556. The summed E-state index contributed by atoms with van der Waals surface area (Å²) >= 11 is 0. The van der Waals surface area contributed by atoms with E-state index in [2.05, 4.69) is 4.72 Å². The number of carbonyl (C=O) groups is 2. The van der Waals surface area contributed by atoms with Gasteiger partial charge in [0.2, 0.25) is 10.0 Å². The third-order valence-electron chi connectivity index (χ3n) is 5.14. The molecule has 1 aliphatic carbocycles. The highest BCUT2D eigenvalue weighted by molar-refractivity contribution is 7.89. The Labute approximate surface area is 152 Å². The zero-order chi connectivity index (χ0) is 18.7. The molecule has 1 aromatic rings. The highest BCUT2D eigenvalue weighted by Crippen LogP contribution is 2.35. The summed E-state index contributed by atoms with van der Waals surface area (Å²) in [5, 5.41) is 8.63. The van der Waals surface area contributed by atoms with E-state index in [1.165, 1.54) is 24.3 Å². The van der Waals surface area contributed by atoms with Gasteiger partial charge in [0.25, 0.3) is 0 Å². The van der Waals surface area contributed by atoms with Crippen LogP contribution in [0.25, 0.3) is 0 Å². The fourth-order valence-electron chi connectivity index (χ4n) is 3.77. The Balaban J connectivity index is 1.67. The van der Waals surface area contributed by atoms with Gasteiger partial charge in [-0.2, -0.15) is 0 Å². The van der Waals surface area contributed by atoms with Crippen molar-refractivity contribution in [2.75, 3.05) is 6.61 Å². The van der Waals surface area contributed by atoms with E-state index in [4.69, 9.17) is 9.84 Å². The number of Topliss-reactive ketones (excluding diaryl/α,β-unsaturated/α-hetero) is 1. The summed E-state index contributed by atoms with van der Waals surface area (Å²) in [6, 6.07) is 5.52. The van der Waals surface area contributed by atoms with Gasteiger partial charge in [-0.3, -0.25) is 9.59 Å². The van der Waals surface area contributed by atoms with Crippen LogP contribution in [0.5, 0.6) is 0 Å². The van der Waals surface area contributed by atoms with Crippen molar-refractivity contribution in [1.29, 1.82) is 0 Å². The molecule has 8 heteroatoms. The number of carboxylic acids is 1. The number of aliphatic carboxylic acids is 1. The van der Waals surface area contributed by atoms with E-state index in [0.717, 1.165) is 25.7 Å². The normalized spacial score (nSPS) is 25.6. The van der Waals surface area contributed by atoms with Crippen LogP contribution in [0.4, 0.5) is 0 Å². The third-order valence-corrected chi connectivity index (χ3v) is 6.65. The maximum atomic E-state index is 12.7. The van der Waals surface area contributed by atoms with Crippen LogP contribution in [0.3, 0.4) is 0 Å². The van der Waals surface area contributed by atoms with E-state index in [1.54, 1.807) is 0 Å². The Morgan fingerprint density at radius 1 is 1.12 bits per heavy atom. The number of rotatable bonds is 7. The van der Waals surface area contributed by atoms with Crippen LogP contribution in [-0.2, 0) is 19.6 Å². The summed E-state index contributed by atoms with van der Waals surface area (Å²) in [6.07, 6.45) is 3.38. The van der Waals surface area contributed by atoms with E-state index >= 15 is 0 Å². The number of carbonyl (C=O) groups excluding carboxylic acids is 1. The van der Waals surface area contributed by atoms with Gasteiger partial charge < -0.3 is 9.84 Å². The fourth-order valence-corrected chi connectivity index (χ4v) is 5.10. The summed E-state index contributed by atoms with van der Waals surface area (Å²) in [5.41, 5.74) is 0.312. The molecule has 142 valence electrons. The molecule has 1 aromatic carbocycles. The Morgan fingerprint density at radius 3 is 2.54 bits per heavy atom. The second-order valence-corrected chi connectivity index (χ2v) is 8.58. The molecule has 7 nitrogen and oxygen atoms in total. The minimum absolute atomic E-state index is 0.105. The molecule has 2 N–H and O–H groups in total. The van der Waals surface area contributed by atoms with E-state index in [-0.39, 0.29) is 41.6 Å². The molecule has 3 atom stereocenters. The molecule has 0 spiro atoms. The Kier molecular flexibility index (Phi) is 5.74. The summed E-state index contributed by atoms with van der Waals surface area (Å²) in [4.78, 5) is 22.6. The van der Waals surface area contributed by atoms with Crippen LogP contribution in [0.2, 0.25) is 0 Å². The van der Waals surface area contributed by atoms with Gasteiger partial charge >= 0.3 is 5.97 Å². The summed E-state index contributed by atoms with van der Waals surface area (Å²) in [5.74, 6) is -1.14. The smallest absolute Gasteiger partial charge is 0.303 e. The molecule has 3 rings (SSSR count). The molecule has 0 radical (unpaired) electrons. The molecule has 0 amide bonds. The number of fused-ring (bicyclic) bond motifs is 1. The van der Waals surface area contributed by atoms with Gasteiger partial charge in [-0.25, -0.2) is 13.1 Å². The zero-order valence-electron chi connectivity index (χ0n) is 14.4. The summed E-state index contributed by atoms with van der Waals surface area (Å²) < 4.78 is 33.8. The Morgan fingerprint density at radius 2 is 1.85 bits per heavy atom. The lowest BCUT2D eigenvalue weighted by Gasteiger charge is -2.32. The van der Waals surface area contributed by atoms with Crippen molar-refractivity contribution in [3.8, 4) is 0 Å². The number of carboxylic acid groups (broad SMARTS) is 1. The monoisotopic (exact) mass is 381 g/mol. The van der Waals surface area contributed by atoms with Gasteiger partial charge in [0, 0.05) is 30.6 Å². The molecular weight excluding hydrogens is 358 g/mol. The van der Waals surface area contributed by atoms with Crippen LogP contribution >= 0.6 is 0 Å². The molecule has 3 unspecified atom stereocenters. The molecule has 1 heterocycles. The Bertz CT molecular complexity index is 773. The molecule has 0 bridgehead atoms. The zero-order valence-corrected chi connectivity index (χ0v) is 15.2. The van der Waals surface area contributed by atoms with Crippen LogP contribution < -0.4 is 4.72 Å². The standard InChI is InChI=1S/C18H23NO6S/c20-16(8-9-18(21)22)12-4-6-13(7-5-12)26(23,24)19-15-2-1-3-17-14(15)10-11-25-17/h4-7,14-15,17,19H,1-3,8-11H2,(H,21,22). The SMILES string of the molecule is O=C(O)CCC(=O)c1ccc(S(=O)(=O)NC2CCCC3OCCC23)cc1. The molecule has 1 aliphatic heterocycles. The first kappa shape index (κ1) is 19.0.